The van der Waals surface area contributed by atoms with Gasteiger partial charge in [0.15, 0.2) is 0 Å². The van der Waals surface area contributed by atoms with Gasteiger partial charge >= 0.3 is 0 Å². The second-order valence-electron chi connectivity index (χ2n) is 10.1. The fourth-order valence-electron chi connectivity index (χ4n) is 4.31. The highest BCUT2D eigenvalue weighted by atomic mass is 32.2. The van der Waals surface area contributed by atoms with Crippen molar-refractivity contribution in [3.05, 3.63) is 65.2 Å². The third kappa shape index (κ3) is 5.95. The maximum absolute atomic E-state index is 13.5. The van der Waals surface area contributed by atoms with E-state index in [0.717, 1.165) is 15.4 Å². The van der Waals surface area contributed by atoms with Gasteiger partial charge in [-0.1, -0.05) is 43.3 Å². The first kappa shape index (κ1) is 27.4. The number of nitrogens with zero attached hydrogens (tertiary/aromatic N) is 2. The van der Waals surface area contributed by atoms with Gasteiger partial charge in [0.1, 0.15) is 10.9 Å². The van der Waals surface area contributed by atoms with Crippen LogP contribution in [-0.2, 0) is 26.2 Å². The summed E-state index contributed by atoms with van der Waals surface area (Å²) in [6.45, 7) is 9.62. The summed E-state index contributed by atoms with van der Waals surface area (Å²) in [4.78, 5) is 40.8. The highest BCUT2D eigenvalue weighted by molar-refractivity contribution is 7.90. The Morgan fingerprint density at radius 2 is 1.69 bits per heavy atom. The number of nitrogens with one attached hydrogen (secondary N) is 1. The van der Waals surface area contributed by atoms with E-state index in [1.165, 1.54) is 12.1 Å². The predicted octanol–water partition coefficient (Wildman–Crippen LogP) is 3.64. The number of benzene rings is 2. The number of amides is 3. The predicted molar refractivity (Wildman–Crippen MR) is 138 cm³/mol. The number of hydrogen-bond donors (Lipinski definition) is 1. The van der Waals surface area contributed by atoms with Gasteiger partial charge in [0.2, 0.25) is 11.8 Å². The average molecular weight is 514 g/mol. The van der Waals surface area contributed by atoms with E-state index in [2.05, 4.69) is 5.32 Å². The number of sulfonamides is 1. The molecule has 0 radical (unpaired) electrons. The van der Waals surface area contributed by atoms with E-state index in [0.29, 0.717) is 6.42 Å². The summed E-state index contributed by atoms with van der Waals surface area (Å²) in [5.41, 5.74) is 1.63. The molecule has 0 spiro atoms. The maximum atomic E-state index is 13.5. The lowest BCUT2D eigenvalue weighted by atomic mass is 10.0. The molecule has 1 atom stereocenters. The second kappa shape index (κ2) is 10.8. The molecular weight excluding hydrogens is 478 g/mol. The number of aryl methyl sites for hydroxylation is 1. The minimum absolute atomic E-state index is 0.000818. The Bertz CT molecular complexity index is 1250. The fourth-order valence-corrected chi connectivity index (χ4v) is 5.92. The van der Waals surface area contributed by atoms with Crippen LogP contribution in [-0.4, -0.2) is 53.5 Å². The Balaban J connectivity index is 1.77. The van der Waals surface area contributed by atoms with Gasteiger partial charge in [-0.25, -0.2) is 12.7 Å². The van der Waals surface area contributed by atoms with Crippen LogP contribution < -0.4 is 5.32 Å². The molecule has 8 nitrogen and oxygen atoms in total. The van der Waals surface area contributed by atoms with Crippen molar-refractivity contribution >= 4 is 27.7 Å². The SMILES string of the molecule is CCC(C(=O)NC(C)(C)C)N(Cc1ccccc1C)C(=O)CCCN1C(=O)c2ccccc2S1(=O)=O. The van der Waals surface area contributed by atoms with Gasteiger partial charge < -0.3 is 10.2 Å². The molecular formula is C27H35N3O5S. The minimum Gasteiger partial charge on any atom is -0.350 e. The van der Waals surface area contributed by atoms with Gasteiger partial charge in [-0.2, -0.15) is 0 Å². The molecule has 194 valence electrons. The van der Waals surface area contributed by atoms with Gasteiger partial charge in [0, 0.05) is 25.0 Å². The van der Waals surface area contributed by atoms with E-state index in [-0.39, 0.29) is 48.2 Å². The lowest BCUT2D eigenvalue weighted by Gasteiger charge is -2.33. The quantitative estimate of drug-likeness (QED) is 0.551. The van der Waals surface area contributed by atoms with Crippen LogP contribution in [0.2, 0.25) is 0 Å². The zero-order valence-corrected chi connectivity index (χ0v) is 22.4. The summed E-state index contributed by atoms with van der Waals surface area (Å²) in [6, 6.07) is 13.1. The molecule has 0 fully saturated rings. The molecule has 0 aromatic heterocycles. The third-order valence-corrected chi connectivity index (χ3v) is 7.99. The van der Waals surface area contributed by atoms with Gasteiger partial charge in [0.05, 0.1) is 5.56 Å². The molecule has 1 aliphatic rings. The van der Waals surface area contributed by atoms with E-state index in [1.807, 2.05) is 58.9 Å². The number of hydrogen-bond acceptors (Lipinski definition) is 5. The molecule has 2 aromatic rings. The fraction of sp³-hybridized carbons (Fsp3) is 0.444. The lowest BCUT2D eigenvalue weighted by molar-refractivity contribution is -0.142. The van der Waals surface area contributed by atoms with E-state index >= 15 is 0 Å². The number of carbonyl (C=O) groups excluding carboxylic acids is 3. The molecule has 0 bridgehead atoms. The maximum Gasteiger partial charge on any atom is 0.269 e. The molecule has 1 aliphatic heterocycles. The van der Waals surface area contributed by atoms with E-state index in [1.54, 1.807) is 17.0 Å². The zero-order chi connectivity index (χ0) is 26.7. The van der Waals surface area contributed by atoms with Crippen molar-refractivity contribution in [2.24, 2.45) is 0 Å². The Labute approximate surface area is 213 Å². The van der Waals surface area contributed by atoms with Gasteiger partial charge in [-0.15, -0.1) is 0 Å². The summed E-state index contributed by atoms with van der Waals surface area (Å²) in [5.74, 6) is -1.08. The lowest BCUT2D eigenvalue weighted by Crippen LogP contribution is -2.53. The third-order valence-electron chi connectivity index (χ3n) is 6.15. The van der Waals surface area contributed by atoms with E-state index in [4.69, 9.17) is 0 Å². The van der Waals surface area contributed by atoms with Crippen molar-refractivity contribution in [3.8, 4) is 0 Å². The normalized spacial score (nSPS) is 15.4. The smallest absolute Gasteiger partial charge is 0.269 e. The van der Waals surface area contributed by atoms with Crippen molar-refractivity contribution in [2.75, 3.05) is 6.54 Å². The average Bonchev–Trinajstić information content (AvgIpc) is 2.99. The number of rotatable bonds is 9. The van der Waals surface area contributed by atoms with Crippen molar-refractivity contribution in [1.82, 2.24) is 14.5 Å². The van der Waals surface area contributed by atoms with Crippen molar-refractivity contribution in [3.63, 3.8) is 0 Å². The Kier molecular flexibility index (Phi) is 8.23. The summed E-state index contributed by atoms with van der Waals surface area (Å²) >= 11 is 0. The van der Waals surface area contributed by atoms with Crippen molar-refractivity contribution in [1.29, 1.82) is 0 Å². The van der Waals surface area contributed by atoms with E-state index < -0.39 is 27.5 Å². The molecule has 1 N–H and O–H groups in total. The monoisotopic (exact) mass is 513 g/mol. The Morgan fingerprint density at radius 1 is 1.06 bits per heavy atom. The highest BCUT2D eigenvalue weighted by Crippen LogP contribution is 2.30. The molecule has 2 aromatic carbocycles. The molecule has 0 aliphatic carbocycles. The topological polar surface area (TPSA) is 104 Å². The molecule has 3 amide bonds. The first-order chi connectivity index (χ1) is 16.9. The standard InChI is InChI=1S/C27H35N3O5S/c1-6-22(25(32)28-27(3,4)5)29(18-20-13-8-7-12-19(20)2)24(31)16-11-17-30-26(33)21-14-9-10-15-23(21)36(30,34)35/h7-10,12-15,22H,6,11,16-18H2,1-5H3,(H,28,32). The highest BCUT2D eigenvalue weighted by Gasteiger charge is 2.40. The van der Waals surface area contributed by atoms with Crippen LogP contribution in [0.3, 0.4) is 0 Å². The van der Waals surface area contributed by atoms with Crippen LogP contribution in [0.1, 0.15) is 68.4 Å². The largest absolute Gasteiger partial charge is 0.350 e. The molecule has 1 unspecified atom stereocenters. The first-order valence-electron chi connectivity index (χ1n) is 12.2. The van der Waals surface area contributed by atoms with Crippen LogP contribution in [0, 0.1) is 6.92 Å². The van der Waals surface area contributed by atoms with E-state index in [9.17, 15) is 22.8 Å². The second-order valence-corrected chi connectivity index (χ2v) is 11.9. The molecule has 0 saturated carbocycles. The van der Waals surface area contributed by atoms with Crippen LogP contribution >= 0.6 is 0 Å². The summed E-state index contributed by atoms with van der Waals surface area (Å²) in [7, 11) is -3.93. The summed E-state index contributed by atoms with van der Waals surface area (Å²) < 4.78 is 26.5. The molecule has 36 heavy (non-hydrogen) atoms. The summed E-state index contributed by atoms with van der Waals surface area (Å²) in [6.07, 6.45) is 0.577. The van der Waals surface area contributed by atoms with Crippen LogP contribution in [0.4, 0.5) is 0 Å². The minimum atomic E-state index is -3.93. The number of carbonyl (C=O) groups is 3. The van der Waals surface area contributed by atoms with Gasteiger partial charge in [-0.05, 0) is 63.8 Å². The molecule has 3 rings (SSSR count). The Morgan fingerprint density at radius 3 is 2.31 bits per heavy atom. The van der Waals surface area contributed by atoms with Crippen LogP contribution in [0.25, 0.3) is 0 Å². The van der Waals surface area contributed by atoms with Crippen molar-refractivity contribution in [2.45, 2.75) is 76.9 Å². The molecule has 1 heterocycles. The van der Waals surface area contributed by atoms with Crippen LogP contribution in [0.15, 0.2) is 53.4 Å². The summed E-state index contributed by atoms with van der Waals surface area (Å²) in [5, 5.41) is 2.97. The van der Waals surface area contributed by atoms with Gasteiger partial charge in [-0.3, -0.25) is 14.4 Å². The number of fused-ring (bicyclic) bond motifs is 1. The first-order valence-corrected chi connectivity index (χ1v) is 13.6. The van der Waals surface area contributed by atoms with Crippen LogP contribution in [0.5, 0.6) is 0 Å². The zero-order valence-electron chi connectivity index (χ0n) is 21.6. The Hall–Kier alpha value is -3.20. The molecule has 9 heteroatoms. The molecule has 0 saturated heterocycles. The van der Waals surface area contributed by atoms with Crippen molar-refractivity contribution < 1.29 is 22.8 Å². The van der Waals surface area contributed by atoms with Gasteiger partial charge in [0.25, 0.3) is 15.9 Å².